The van der Waals surface area contributed by atoms with Crippen LogP contribution in [0.1, 0.15) is 34.7 Å². The van der Waals surface area contributed by atoms with Gasteiger partial charge in [0.1, 0.15) is 0 Å². The van der Waals surface area contributed by atoms with E-state index in [0.717, 1.165) is 34.8 Å². The Hall–Kier alpha value is -2.31. The summed E-state index contributed by atoms with van der Waals surface area (Å²) >= 11 is 3.41. The van der Waals surface area contributed by atoms with E-state index < -0.39 is 0 Å². The summed E-state index contributed by atoms with van der Waals surface area (Å²) in [6.07, 6.45) is 0.655. The molecule has 0 N–H and O–H groups in total. The molecule has 2 aromatic heterocycles. The van der Waals surface area contributed by atoms with E-state index in [2.05, 4.69) is 45.4 Å². The number of rotatable bonds is 3. The molecule has 0 radical (unpaired) electrons. The lowest BCUT2D eigenvalue weighted by Crippen LogP contribution is -2.33. The van der Waals surface area contributed by atoms with E-state index in [1.807, 2.05) is 12.1 Å². The lowest BCUT2D eigenvalue weighted by molar-refractivity contribution is -0.0206. The fraction of sp³-hybridized carbons (Fsp3) is 0.211. The molecule has 1 aromatic carbocycles. The van der Waals surface area contributed by atoms with Crippen LogP contribution < -0.4 is 9.47 Å². The number of ether oxygens (including phenoxy) is 2. The van der Waals surface area contributed by atoms with Gasteiger partial charge in [-0.25, -0.2) is 5.01 Å². The Bertz CT molecular complexity index is 919. The zero-order chi connectivity index (χ0) is 16.8. The molecule has 0 bridgehead atoms. The molecular weight excluding hydrogens is 352 g/mol. The standard InChI is InChI=1S/C19H16N2O2S2/c1-22-16-5-2-4-13-15-10-14(17-6-3-8-25-17)20-21(15)19(23-18(13)16)12-7-9-24-11-12/h2-9,11,15,19H,10H2,1H3/t15-,19-/m1/s1. The van der Waals surface area contributed by atoms with Gasteiger partial charge in [0.2, 0.25) is 6.23 Å². The molecule has 0 spiro atoms. The smallest absolute Gasteiger partial charge is 0.214 e. The van der Waals surface area contributed by atoms with Gasteiger partial charge < -0.3 is 9.47 Å². The van der Waals surface area contributed by atoms with Crippen LogP contribution in [-0.4, -0.2) is 17.8 Å². The van der Waals surface area contributed by atoms with E-state index in [1.54, 1.807) is 29.8 Å². The van der Waals surface area contributed by atoms with Crippen molar-refractivity contribution in [3.05, 3.63) is 68.5 Å². The fourth-order valence-corrected chi connectivity index (χ4v) is 4.86. The van der Waals surface area contributed by atoms with Gasteiger partial charge in [-0.2, -0.15) is 16.4 Å². The molecule has 2 aliphatic rings. The number of fused-ring (bicyclic) bond motifs is 3. The molecule has 2 atom stereocenters. The van der Waals surface area contributed by atoms with Crippen molar-refractivity contribution in [3.8, 4) is 11.5 Å². The van der Waals surface area contributed by atoms with Gasteiger partial charge >= 0.3 is 0 Å². The van der Waals surface area contributed by atoms with Crippen molar-refractivity contribution in [2.45, 2.75) is 18.7 Å². The largest absolute Gasteiger partial charge is 0.493 e. The Balaban J connectivity index is 1.63. The third kappa shape index (κ3) is 2.36. The molecule has 126 valence electrons. The quantitative estimate of drug-likeness (QED) is 0.648. The first kappa shape index (κ1) is 15.0. The second-order valence-corrected chi connectivity index (χ2v) is 7.76. The molecule has 2 aliphatic heterocycles. The van der Waals surface area contributed by atoms with Gasteiger partial charge in [0.05, 0.1) is 23.7 Å². The van der Waals surface area contributed by atoms with Crippen molar-refractivity contribution in [2.24, 2.45) is 5.10 Å². The maximum atomic E-state index is 6.38. The van der Waals surface area contributed by atoms with Crippen molar-refractivity contribution in [1.29, 1.82) is 0 Å². The molecule has 3 aromatic rings. The molecule has 5 rings (SSSR count). The summed E-state index contributed by atoms with van der Waals surface area (Å²) in [6.45, 7) is 0. The fourth-order valence-electron chi connectivity index (χ4n) is 3.47. The van der Waals surface area contributed by atoms with Gasteiger partial charge in [-0.15, -0.1) is 11.3 Å². The van der Waals surface area contributed by atoms with Gasteiger partial charge in [-0.3, -0.25) is 0 Å². The average Bonchev–Trinajstić information content (AvgIpc) is 3.41. The second-order valence-electron chi connectivity index (χ2n) is 6.03. The highest BCUT2D eigenvalue weighted by Crippen LogP contribution is 2.50. The SMILES string of the molecule is COc1cccc2c1O[C@H](c1ccsc1)N1N=C(c3cccs3)C[C@H]21. The molecule has 0 saturated carbocycles. The number of thiophene rings is 2. The van der Waals surface area contributed by atoms with Crippen LogP contribution in [0, 0.1) is 0 Å². The Morgan fingerprint density at radius 3 is 2.92 bits per heavy atom. The van der Waals surface area contributed by atoms with Crippen LogP contribution in [0.4, 0.5) is 0 Å². The molecule has 6 heteroatoms. The highest BCUT2D eigenvalue weighted by molar-refractivity contribution is 7.12. The minimum atomic E-state index is -0.225. The third-order valence-electron chi connectivity index (χ3n) is 4.63. The summed E-state index contributed by atoms with van der Waals surface area (Å²) in [6, 6.07) is 12.6. The highest BCUT2D eigenvalue weighted by atomic mass is 32.1. The highest BCUT2D eigenvalue weighted by Gasteiger charge is 2.42. The zero-order valence-corrected chi connectivity index (χ0v) is 15.2. The van der Waals surface area contributed by atoms with Crippen LogP contribution in [0.15, 0.2) is 57.6 Å². The Labute approximate surface area is 153 Å². The lowest BCUT2D eigenvalue weighted by Gasteiger charge is -2.38. The predicted molar refractivity (Wildman–Crippen MR) is 101 cm³/mol. The van der Waals surface area contributed by atoms with Gasteiger partial charge in [0.25, 0.3) is 0 Å². The number of hydrazone groups is 1. The summed E-state index contributed by atoms with van der Waals surface area (Å²) in [4.78, 5) is 1.22. The van der Waals surface area contributed by atoms with E-state index >= 15 is 0 Å². The number of benzene rings is 1. The first-order chi connectivity index (χ1) is 12.3. The normalized spacial score (nSPS) is 21.3. The van der Waals surface area contributed by atoms with Crippen molar-refractivity contribution < 1.29 is 9.47 Å². The van der Waals surface area contributed by atoms with E-state index in [-0.39, 0.29) is 12.3 Å². The summed E-state index contributed by atoms with van der Waals surface area (Å²) in [5, 5.41) is 13.4. The first-order valence-electron chi connectivity index (χ1n) is 8.10. The van der Waals surface area contributed by atoms with Gasteiger partial charge in [0.15, 0.2) is 11.5 Å². The van der Waals surface area contributed by atoms with Crippen LogP contribution in [-0.2, 0) is 0 Å². The molecule has 25 heavy (non-hydrogen) atoms. The molecule has 0 aliphatic carbocycles. The molecule has 4 heterocycles. The summed E-state index contributed by atoms with van der Waals surface area (Å²) in [5.41, 5.74) is 3.39. The van der Waals surface area contributed by atoms with E-state index in [0.29, 0.717) is 0 Å². The minimum Gasteiger partial charge on any atom is -0.493 e. The lowest BCUT2D eigenvalue weighted by atomic mass is 9.97. The number of para-hydroxylation sites is 1. The summed E-state index contributed by atoms with van der Waals surface area (Å²) in [7, 11) is 1.69. The van der Waals surface area contributed by atoms with Crippen LogP contribution in [0.3, 0.4) is 0 Å². The van der Waals surface area contributed by atoms with Crippen LogP contribution in [0.2, 0.25) is 0 Å². The van der Waals surface area contributed by atoms with Crippen molar-refractivity contribution in [1.82, 2.24) is 5.01 Å². The molecule has 0 amide bonds. The summed E-state index contributed by atoms with van der Waals surface area (Å²) < 4.78 is 11.9. The average molecular weight is 368 g/mol. The molecule has 0 unspecified atom stereocenters. The Morgan fingerprint density at radius 1 is 1.20 bits per heavy atom. The molecule has 0 fully saturated rings. The molecule has 0 saturated heterocycles. The topological polar surface area (TPSA) is 34.1 Å². The van der Waals surface area contributed by atoms with Gasteiger partial charge in [-0.05, 0) is 34.3 Å². The number of hydrogen-bond acceptors (Lipinski definition) is 6. The zero-order valence-electron chi connectivity index (χ0n) is 13.6. The van der Waals surface area contributed by atoms with E-state index in [1.165, 1.54) is 4.88 Å². The van der Waals surface area contributed by atoms with E-state index in [4.69, 9.17) is 14.6 Å². The van der Waals surface area contributed by atoms with Gasteiger partial charge in [0, 0.05) is 17.5 Å². The minimum absolute atomic E-state index is 0.167. The second kappa shape index (κ2) is 5.89. The predicted octanol–water partition coefficient (Wildman–Crippen LogP) is 5.06. The number of hydrogen-bond donors (Lipinski definition) is 0. The summed E-state index contributed by atoms with van der Waals surface area (Å²) in [5.74, 6) is 1.62. The van der Waals surface area contributed by atoms with Crippen molar-refractivity contribution in [3.63, 3.8) is 0 Å². The maximum Gasteiger partial charge on any atom is 0.214 e. The number of nitrogens with zero attached hydrogens (tertiary/aromatic N) is 2. The van der Waals surface area contributed by atoms with Crippen LogP contribution in [0.5, 0.6) is 11.5 Å². The molecule has 4 nitrogen and oxygen atoms in total. The Kier molecular flexibility index (Phi) is 3.53. The van der Waals surface area contributed by atoms with E-state index in [9.17, 15) is 0 Å². The van der Waals surface area contributed by atoms with Crippen molar-refractivity contribution in [2.75, 3.05) is 7.11 Å². The Morgan fingerprint density at radius 2 is 2.16 bits per heavy atom. The molecular formula is C19H16N2O2S2. The van der Waals surface area contributed by atoms with Crippen molar-refractivity contribution >= 4 is 28.4 Å². The van der Waals surface area contributed by atoms with Gasteiger partial charge in [-0.1, -0.05) is 18.2 Å². The number of methoxy groups -OCH3 is 1. The van der Waals surface area contributed by atoms with Crippen LogP contribution in [0.25, 0.3) is 0 Å². The monoisotopic (exact) mass is 368 g/mol. The van der Waals surface area contributed by atoms with Crippen LogP contribution >= 0.6 is 22.7 Å². The maximum absolute atomic E-state index is 6.38. The third-order valence-corrected chi connectivity index (χ3v) is 6.25. The first-order valence-corrected chi connectivity index (χ1v) is 9.93.